The van der Waals surface area contributed by atoms with Crippen molar-refractivity contribution in [3.8, 4) is 0 Å². The number of carbonyl (C=O) groups excluding carboxylic acids is 2. The van der Waals surface area contributed by atoms with Gasteiger partial charge in [0.25, 0.3) is 5.91 Å². The highest BCUT2D eigenvalue weighted by molar-refractivity contribution is 5.94. The Balaban J connectivity index is 1.54. The summed E-state index contributed by atoms with van der Waals surface area (Å²) in [4.78, 5) is 25.2. The Labute approximate surface area is 123 Å². The van der Waals surface area contributed by atoms with Crippen LogP contribution >= 0.6 is 0 Å². The second-order valence-corrected chi connectivity index (χ2v) is 5.63. The predicted molar refractivity (Wildman–Crippen MR) is 79.1 cm³/mol. The smallest absolute Gasteiger partial charge is 0.317 e. The van der Waals surface area contributed by atoms with Crippen LogP contribution in [-0.4, -0.2) is 49.1 Å². The van der Waals surface area contributed by atoms with E-state index in [0.29, 0.717) is 31.7 Å². The maximum Gasteiger partial charge on any atom is 0.317 e. The van der Waals surface area contributed by atoms with Gasteiger partial charge in [0.1, 0.15) is 0 Å². The largest absolute Gasteiger partial charge is 0.350 e. The SMILES string of the molecule is NC1Cc2ccc(C(=O)NCCN3CCNC3=O)cc2C1. The van der Waals surface area contributed by atoms with Gasteiger partial charge in [-0.2, -0.15) is 0 Å². The van der Waals surface area contributed by atoms with Gasteiger partial charge in [0.15, 0.2) is 0 Å². The van der Waals surface area contributed by atoms with Crippen LogP contribution in [0.15, 0.2) is 18.2 Å². The Hall–Kier alpha value is -2.08. The summed E-state index contributed by atoms with van der Waals surface area (Å²) in [5.41, 5.74) is 9.01. The summed E-state index contributed by atoms with van der Waals surface area (Å²) in [6.45, 7) is 2.37. The lowest BCUT2D eigenvalue weighted by atomic mass is 10.1. The number of hydrogen-bond donors (Lipinski definition) is 3. The van der Waals surface area contributed by atoms with E-state index in [-0.39, 0.29) is 18.0 Å². The molecule has 0 radical (unpaired) electrons. The van der Waals surface area contributed by atoms with Crippen LogP contribution in [0.3, 0.4) is 0 Å². The molecule has 0 saturated carbocycles. The number of nitrogens with one attached hydrogen (secondary N) is 2. The van der Waals surface area contributed by atoms with Crippen LogP contribution in [0, 0.1) is 0 Å². The van der Waals surface area contributed by atoms with Crippen molar-refractivity contribution in [3.05, 3.63) is 34.9 Å². The highest BCUT2D eigenvalue weighted by Crippen LogP contribution is 2.22. The highest BCUT2D eigenvalue weighted by Gasteiger charge is 2.20. The molecule has 1 aromatic rings. The molecule has 0 bridgehead atoms. The molecule has 0 spiro atoms. The molecule has 2 aliphatic rings. The average Bonchev–Trinajstić information content (AvgIpc) is 3.02. The first kappa shape index (κ1) is 13.9. The van der Waals surface area contributed by atoms with E-state index in [9.17, 15) is 9.59 Å². The normalized spacial score (nSPS) is 20.3. The van der Waals surface area contributed by atoms with E-state index < -0.39 is 0 Å². The monoisotopic (exact) mass is 288 g/mol. The first-order valence-electron chi connectivity index (χ1n) is 7.32. The van der Waals surface area contributed by atoms with Crippen molar-refractivity contribution >= 4 is 11.9 Å². The standard InChI is InChI=1S/C15H20N4O2/c16-13-8-10-1-2-11(7-12(10)9-13)14(20)17-3-5-19-6-4-18-15(19)21/h1-2,7,13H,3-6,8-9,16H2,(H,17,20)(H,18,21). The number of urea groups is 1. The van der Waals surface area contributed by atoms with Crippen molar-refractivity contribution in [1.29, 1.82) is 0 Å². The minimum absolute atomic E-state index is 0.0595. The van der Waals surface area contributed by atoms with Crippen LogP contribution in [0.25, 0.3) is 0 Å². The number of benzene rings is 1. The van der Waals surface area contributed by atoms with Gasteiger partial charge in [-0.15, -0.1) is 0 Å². The van der Waals surface area contributed by atoms with Crippen LogP contribution in [0.2, 0.25) is 0 Å². The number of fused-ring (bicyclic) bond motifs is 1. The van der Waals surface area contributed by atoms with Crippen molar-refractivity contribution in [2.45, 2.75) is 18.9 Å². The Morgan fingerprint density at radius 1 is 1.38 bits per heavy atom. The van der Waals surface area contributed by atoms with Gasteiger partial charge in [-0.05, 0) is 36.1 Å². The number of amides is 3. The molecule has 3 amide bonds. The zero-order valence-electron chi connectivity index (χ0n) is 11.9. The molecule has 1 saturated heterocycles. The number of carbonyl (C=O) groups is 2. The Morgan fingerprint density at radius 2 is 2.19 bits per heavy atom. The van der Waals surface area contributed by atoms with Crippen LogP contribution in [0.1, 0.15) is 21.5 Å². The van der Waals surface area contributed by atoms with Crippen molar-refractivity contribution in [2.24, 2.45) is 5.73 Å². The molecule has 0 aromatic heterocycles. The third-order valence-electron chi connectivity index (χ3n) is 4.05. The molecule has 1 fully saturated rings. The van der Waals surface area contributed by atoms with Crippen LogP contribution in [-0.2, 0) is 12.8 Å². The molecule has 1 aliphatic carbocycles. The molecule has 3 rings (SSSR count). The van der Waals surface area contributed by atoms with Crippen LogP contribution in [0.4, 0.5) is 4.79 Å². The molecule has 1 aromatic carbocycles. The van der Waals surface area contributed by atoms with E-state index in [1.165, 1.54) is 11.1 Å². The van der Waals surface area contributed by atoms with Gasteiger partial charge in [-0.3, -0.25) is 4.79 Å². The number of hydrogen-bond acceptors (Lipinski definition) is 3. The topological polar surface area (TPSA) is 87.5 Å². The third-order valence-corrected chi connectivity index (χ3v) is 4.05. The summed E-state index contributed by atoms with van der Waals surface area (Å²) in [7, 11) is 0. The zero-order valence-corrected chi connectivity index (χ0v) is 11.9. The Kier molecular flexibility index (Phi) is 3.79. The minimum Gasteiger partial charge on any atom is -0.350 e. The van der Waals surface area contributed by atoms with Gasteiger partial charge in [-0.1, -0.05) is 6.07 Å². The van der Waals surface area contributed by atoms with Gasteiger partial charge >= 0.3 is 6.03 Å². The summed E-state index contributed by atoms with van der Waals surface area (Å²) in [5.74, 6) is -0.0992. The van der Waals surface area contributed by atoms with Gasteiger partial charge < -0.3 is 21.3 Å². The summed E-state index contributed by atoms with van der Waals surface area (Å²) >= 11 is 0. The van der Waals surface area contributed by atoms with Crippen molar-refractivity contribution < 1.29 is 9.59 Å². The van der Waals surface area contributed by atoms with E-state index in [1.807, 2.05) is 18.2 Å². The molecule has 1 unspecified atom stereocenters. The van der Waals surface area contributed by atoms with Gasteiger partial charge in [0, 0.05) is 37.8 Å². The van der Waals surface area contributed by atoms with Gasteiger partial charge in [0.2, 0.25) is 0 Å². The number of nitrogens with zero attached hydrogens (tertiary/aromatic N) is 1. The summed E-state index contributed by atoms with van der Waals surface area (Å²) in [6.07, 6.45) is 1.73. The fourth-order valence-corrected chi connectivity index (χ4v) is 2.92. The molecule has 21 heavy (non-hydrogen) atoms. The van der Waals surface area contributed by atoms with Crippen molar-refractivity contribution in [2.75, 3.05) is 26.2 Å². The quantitative estimate of drug-likeness (QED) is 0.721. The maximum atomic E-state index is 12.1. The fourth-order valence-electron chi connectivity index (χ4n) is 2.92. The molecular formula is C15H20N4O2. The van der Waals surface area contributed by atoms with E-state index in [1.54, 1.807) is 4.90 Å². The van der Waals surface area contributed by atoms with E-state index in [2.05, 4.69) is 10.6 Å². The van der Waals surface area contributed by atoms with Crippen LogP contribution in [0.5, 0.6) is 0 Å². The lowest BCUT2D eigenvalue weighted by Gasteiger charge is -2.14. The second kappa shape index (κ2) is 5.73. The first-order valence-corrected chi connectivity index (χ1v) is 7.32. The van der Waals surface area contributed by atoms with Gasteiger partial charge in [-0.25, -0.2) is 4.79 Å². The lowest BCUT2D eigenvalue weighted by Crippen LogP contribution is -2.36. The lowest BCUT2D eigenvalue weighted by molar-refractivity contribution is 0.0950. The Morgan fingerprint density at radius 3 is 2.95 bits per heavy atom. The molecule has 6 nitrogen and oxygen atoms in total. The molecule has 1 atom stereocenters. The molecule has 1 aliphatic heterocycles. The number of rotatable bonds is 4. The van der Waals surface area contributed by atoms with E-state index in [0.717, 1.165) is 12.8 Å². The Bertz CT molecular complexity index is 573. The molecule has 6 heteroatoms. The van der Waals surface area contributed by atoms with Gasteiger partial charge in [0.05, 0.1) is 0 Å². The second-order valence-electron chi connectivity index (χ2n) is 5.63. The summed E-state index contributed by atoms with van der Waals surface area (Å²) in [5, 5.41) is 5.59. The molecular weight excluding hydrogens is 268 g/mol. The first-order chi connectivity index (χ1) is 10.1. The molecule has 4 N–H and O–H groups in total. The van der Waals surface area contributed by atoms with Crippen LogP contribution < -0.4 is 16.4 Å². The average molecular weight is 288 g/mol. The predicted octanol–water partition coefficient (Wildman–Crippen LogP) is -0.132. The summed E-state index contributed by atoms with van der Waals surface area (Å²) < 4.78 is 0. The zero-order chi connectivity index (χ0) is 14.8. The van der Waals surface area contributed by atoms with Crippen molar-refractivity contribution in [3.63, 3.8) is 0 Å². The molecule has 1 heterocycles. The third kappa shape index (κ3) is 3.00. The minimum atomic E-state index is -0.0992. The van der Waals surface area contributed by atoms with E-state index >= 15 is 0 Å². The fraction of sp³-hybridized carbons (Fsp3) is 0.467. The maximum absolute atomic E-state index is 12.1. The van der Waals surface area contributed by atoms with E-state index in [4.69, 9.17) is 5.73 Å². The highest BCUT2D eigenvalue weighted by atomic mass is 16.2. The number of nitrogens with two attached hydrogens (primary N) is 1. The van der Waals surface area contributed by atoms with Crippen molar-refractivity contribution in [1.82, 2.24) is 15.5 Å². The summed E-state index contributed by atoms with van der Waals surface area (Å²) in [6, 6.07) is 5.88. The molecule has 112 valence electrons.